The first-order valence-electron chi connectivity index (χ1n) is 7.98. The minimum atomic E-state index is 0.164. The van der Waals surface area contributed by atoms with Crippen LogP contribution in [0.3, 0.4) is 0 Å². The van der Waals surface area contributed by atoms with E-state index in [0.717, 1.165) is 44.6 Å². The standard InChI is InChI=1S/C17H24N2O2/c1-13-16(7-10-18-13)17(20)19-11-8-15(9-12-19)21-14-5-3-2-4-6-14/h2-6,13,15-16,18H,7-12H2,1H3. The second-order valence-electron chi connectivity index (χ2n) is 6.09. The third kappa shape index (κ3) is 3.38. The summed E-state index contributed by atoms with van der Waals surface area (Å²) in [6, 6.07) is 10.3. The normalized spacial score (nSPS) is 26.8. The number of amides is 1. The summed E-state index contributed by atoms with van der Waals surface area (Å²) in [5.74, 6) is 1.41. The van der Waals surface area contributed by atoms with E-state index in [-0.39, 0.29) is 12.0 Å². The molecule has 1 N–H and O–H groups in total. The van der Waals surface area contributed by atoms with Crippen molar-refractivity contribution in [3.63, 3.8) is 0 Å². The van der Waals surface area contributed by atoms with Gasteiger partial charge in [0.25, 0.3) is 0 Å². The second kappa shape index (κ2) is 6.48. The lowest BCUT2D eigenvalue weighted by molar-refractivity contribution is -0.137. The predicted molar refractivity (Wildman–Crippen MR) is 82.2 cm³/mol. The zero-order valence-electron chi connectivity index (χ0n) is 12.6. The highest BCUT2D eigenvalue weighted by Crippen LogP contribution is 2.23. The van der Waals surface area contributed by atoms with E-state index in [1.165, 1.54) is 0 Å². The van der Waals surface area contributed by atoms with E-state index >= 15 is 0 Å². The minimum Gasteiger partial charge on any atom is -0.490 e. The van der Waals surface area contributed by atoms with Crippen LogP contribution in [0, 0.1) is 5.92 Å². The largest absolute Gasteiger partial charge is 0.490 e. The van der Waals surface area contributed by atoms with Crippen LogP contribution in [0.4, 0.5) is 0 Å². The van der Waals surface area contributed by atoms with Crippen LogP contribution in [0.5, 0.6) is 5.75 Å². The molecule has 0 aromatic heterocycles. The summed E-state index contributed by atoms with van der Waals surface area (Å²) in [4.78, 5) is 14.5. The smallest absolute Gasteiger partial charge is 0.227 e. The number of piperidine rings is 1. The molecule has 2 aliphatic rings. The molecule has 1 aromatic carbocycles. The molecule has 0 bridgehead atoms. The topological polar surface area (TPSA) is 41.6 Å². The highest BCUT2D eigenvalue weighted by Gasteiger charge is 2.34. The molecule has 2 saturated heterocycles. The Morgan fingerprint density at radius 3 is 2.52 bits per heavy atom. The Morgan fingerprint density at radius 2 is 1.90 bits per heavy atom. The van der Waals surface area contributed by atoms with E-state index in [9.17, 15) is 4.79 Å². The Morgan fingerprint density at radius 1 is 1.19 bits per heavy atom. The van der Waals surface area contributed by atoms with Gasteiger partial charge < -0.3 is 15.0 Å². The van der Waals surface area contributed by atoms with Gasteiger partial charge in [0, 0.05) is 32.0 Å². The first kappa shape index (κ1) is 14.4. The van der Waals surface area contributed by atoms with Crippen molar-refractivity contribution in [1.29, 1.82) is 0 Å². The number of likely N-dealkylation sites (tertiary alicyclic amines) is 1. The number of hydrogen-bond donors (Lipinski definition) is 1. The lowest BCUT2D eigenvalue weighted by atomic mass is 9.98. The van der Waals surface area contributed by atoms with Crippen molar-refractivity contribution in [1.82, 2.24) is 10.2 Å². The summed E-state index contributed by atoms with van der Waals surface area (Å²) in [5, 5.41) is 3.36. The maximum Gasteiger partial charge on any atom is 0.227 e. The molecule has 4 heteroatoms. The SMILES string of the molecule is CC1NCCC1C(=O)N1CCC(Oc2ccccc2)CC1. The average molecular weight is 288 g/mol. The van der Waals surface area contributed by atoms with Crippen molar-refractivity contribution in [2.75, 3.05) is 19.6 Å². The third-order valence-corrected chi connectivity index (χ3v) is 4.64. The number of nitrogens with one attached hydrogen (secondary N) is 1. The molecule has 0 spiro atoms. The molecule has 1 amide bonds. The Hall–Kier alpha value is -1.55. The van der Waals surface area contributed by atoms with Gasteiger partial charge in [0.15, 0.2) is 0 Å². The second-order valence-corrected chi connectivity index (χ2v) is 6.09. The molecule has 2 atom stereocenters. The summed E-state index contributed by atoms with van der Waals surface area (Å²) in [6.07, 6.45) is 3.06. The van der Waals surface area contributed by atoms with Crippen LogP contribution < -0.4 is 10.1 Å². The fourth-order valence-electron chi connectivity index (χ4n) is 3.32. The van der Waals surface area contributed by atoms with Crippen LogP contribution >= 0.6 is 0 Å². The molecule has 21 heavy (non-hydrogen) atoms. The molecular weight excluding hydrogens is 264 g/mol. The molecule has 2 fully saturated rings. The molecule has 3 rings (SSSR count). The molecule has 2 heterocycles. The van der Waals surface area contributed by atoms with Crippen LogP contribution in [0.15, 0.2) is 30.3 Å². The van der Waals surface area contributed by atoms with E-state index in [1.54, 1.807) is 0 Å². The maximum absolute atomic E-state index is 12.5. The number of carbonyl (C=O) groups excluding carboxylic acids is 1. The Balaban J connectivity index is 1.50. The monoisotopic (exact) mass is 288 g/mol. The van der Waals surface area contributed by atoms with Gasteiger partial charge in [0.2, 0.25) is 5.91 Å². The van der Waals surface area contributed by atoms with Crippen LogP contribution in [0.25, 0.3) is 0 Å². The summed E-state index contributed by atoms with van der Waals surface area (Å²) >= 11 is 0. The minimum absolute atomic E-state index is 0.164. The van der Waals surface area contributed by atoms with Crippen molar-refractivity contribution in [3.8, 4) is 5.75 Å². The molecule has 0 saturated carbocycles. The highest BCUT2D eigenvalue weighted by molar-refractivity contribution is 5.80. The van der Waals surface area contributed by atoms with Crippen molar-refractivity contribution in [2.24, 2.45) is 5.92 Å². The van der Waals surface area contributed by atoms with Crippen molar-refractivity contribution in [2.45, 2.75) is 38.3 Å². The number of hydrogen-bond acceptors (Lipinski definition) is 3. The number of carbonyl (C=O) groups is 1. The lowest BCUT2D eigenvalue weighted by Gasteiger charge is -2.34. The van der Waals surface area contributed by atoms with Crippen molar-refractivity contribution < 1.29 is 9.53 Å². The number of para-hydroxylation sites is 1. The van der Waals surface area contributed by atoms with Crippen molar-refractivity contribution in [3.05, 3.63) is 30.3 Å². The molecule has 1 aromatic rings. The van der Waals surface area contributed by atoms with E-state index in [2.05, 4.69) is 12.2 Å². The van der Waals surface area contributed by atoms with Gasteiger partial charge in [0.1, 0.15) is 11.9 Å². The fraction of sp³-hybridized carbons (Fsp3) is 0.588. The molecule has 2 unspecified atom stereocenters. The summed E-state index contributed by atoms with van der Waals surface area (Å²) in [7, 11) is 0. The third-order valence-electron chi connectivity index (χ3n) is 4.64. The van der Waals surface area contributed by atoms with E-state index < -0.39 is 0 Å². The average Bonchev–Trinajstić information content (AvgIpc) is 2.94. The number of ether oxygens (including phenoxy) is 1. The summed E-state index contributed by atoms with van der Waals surface area (Å²) in [6.45, 7) is 4.71. The number of nitrogens with zero attached hydrogens (tertiary/aromatic N) is 1. The zero-order chi connectivity index (χ0) is 14.7. The first-order chi connectivity index (χ1) is 10.2. The summed E-state index contributed by atoms with van der Waals surface area (Å²) in [5.41, 5.74) is 0. The van der Waals surface area contributed by atoms with Gasteiger partial charge in [-0.2, -0.15) is 0 Å². The Labute approximate surface area is 126 Å². The fourth-order valence-corrected chi connectivity index (χ4v) is 3.32. The molecule has 4 nitrogen and oxygen atoms in total. The molecule has 2 aliphatic heterocycles. The van der Waals surface area contributed by atoms with Gasteiger partial charge in [-0.25, -0.2) is 0 Å². The molecular formula is C17H24N2O2. The van der Waals surface area contributed by atoms with E-state index in [1.807, 2.05) is 35.2 Å². The van der Waals surface area contributed by atoms with Crippen molar-refractivity contribution >= 4 is 5.91 Å². The van der Waals surface area contributed by atoms with E-state index in [0.29, 0.717) is 11.9 Å². The van der Waals surface area contributed by atoms with Crippen LogP contribution in [-0.2, 0) is 4.79 Å². The lowest BCUT2D eigenvalue weighted by Crippen LogP contribution is -2.46. The van der Waals surface area contributed by atoms with Gasteiger partial charge >= 0.3 is 0 Å². The van der Waals surface area contributed by atoms with Gasteiger partial charge in [-0.1, -0.05) is 18.2 Å². The van der Waals surface area contributed by atoms with E-state index in [4.69, 9.17) is 4.74 Å². The van der Waals surface area contributed by atoms with Crippen LogP contribution in [0.1, 0.15) is 26.2 Å². The van der Waals surface area contributed by atoms with Gasteiger partial charge in [-0.05, 0) is 32.0 Å². The molecule has 114 valence electrons. The number of benzene rings is 1. The van der Waals surface area contributed by atoms with Crippen LogP contribution in [0.2, 0.25) is 0 Å². The molecule has 0 radical (unpaired) electrons. The Bertz CT molecular complexity index is 469. The van der Waals surface area contributed by atoms with Gasteiger partial charge in [-0.15, -0.1) is 0 Å². The number of rotatable bonds is 3. The Kier molecular flexibility index (Phi) is 4.44. The van der Waals surface area contributed by atoms with Gasteiger partial charge in [0.05, 0.1) is 5.92 Å². The van der Waals surface area contributed by atoms with Crippen LogP contribution in [-0.4, -0.2) is 42.6 Å². The zero-order valence-corrected chi connectivity index (χ0v) is 12.6. The summed E-state index contributed by atoms with van der Waals surface area (Å²) < 4.78 is 5.98. The van der Waals surface area contributed by atoms with Gasteiger partial charge in [-0.3, -0.25) is 4.79 Å². The first-order valence-corrected chi connectivity index (χ1v) is 7.98. The highest BCUT2D eigenvalue weighted by atomic mass is 16.5. The quantitative estimate of drug-likeness (QED) is 0.925. The maximum atomic E-state index is 12.5. The molecule has 0 aliphatic carbocycles. The predicted octanol–water partition coefficient (Wildman–Crippen LogP) is 2.05.